The molecule has 1 nitrogen and oxygen atoms in total. The minimum absolute atomic E-state index is 0.884. The van der Waals surface area contributed by atoms with E-state index >= 15 is 0 Å². The Hall–Kier alpha value is -0.800. The molecule has 0 unspecified atom stereocenters. The van der Waals surface area contributed by atoms with E-state index in [9.17, 15) is 0 Å². The van der Waals surface area contributed by atoms with Gasteiger partial charge in [0.15, 0.2) is 0 Å². The van der Waals surface area contributed by atoms with E-state index in [2.05, 4.69) is 50.9 Å². The average molecular weight is 356 g/mol. The summed E-state index contributed by atoms with van der Waals surface area (Å²) in [5.74, 6) is 0.884. The van der Waals surface area contributed by atoms with Gasteiger partial charge < -0.3 is 4.74 Å². The van der Waals surface area contributed by atoms with Crippen molar-refractivity contribution in [1.82, 2.24) is 0 Å². The fraction of sp³-hybridized carbons (Fsp3) is 0.143. The zero-order valence-electron chi connectivity index (χ0n) is 9.63. The Morgan fingerprint density at radius 3 is 2.41 bits per heavy atom. The highest BCUT2D eigenvalue weighted by molar-refractivity contribution is 9.11. The molecule has 0 aliphatic carbocycles. The molecule has 17 heavy (non-hydrogen) atoms. The highest BCUT2D eigenvalue weighted by Gasteiger charge is 2.09. The van der Waals surface area contributed by atoms with Crippen molar-refractivity contribution in [3.63, 3.8) is 0 Å². The molecule has 0 heterocycles. The summed E-state index contributed by atoms with van der Waals surface area (Å²) in [5, 5.41) is 0. The van der Waals surface area contributed by atoms with Gasteiger partial charge in [0.25, 0.3) is 0 Å². The molecule has 2 aromatic carbocycles. The number of hydrogen-bond donors (Lipinski definition) is 0. The first-order valence-corrected chi connectivity index (χ1v) is 6.80. The lowest BCUT2D eigenvalue weighted by atomic mass is 10.0. The third-order valence-corrected chi connectivity index (χ3v) is 3.76. The van der Waals surface area contributed by atoms with Crippen LogP contribution in [-0.4, -0.2) is 7.11 Å². The van der Waals surface area contributed by atoms with Crippen molar-refractivity contribution in [1.29, 1.82) is 0 Å². The van der Waals surface area contributed by atoms with Crippen molar-refractivity contribution in [2.45, 2.75) is 6.92 Å². The Kier molecular flexibility index (Phi) is 3.89. The van der Waals surface area contributed by atoms with Crippen molar-refractivity contribution in [2.24, 2.45) is 0 Å². The van der Waals surface area contributed by atoms with Crippen LogP contribution in [0.2, 0.25) is 0 Å². The van der Waals surface area contributed by atoms with E-state index in [1.165, 1.54) is 5.56 Å². The van der Waals surface area contributed by atoms with Crippen molar-refractivity contribution >= 4 is 31.9 Å². The molecule has 0 bridgehead atoms. The van der Waals surface area contributed by atoms with Crippen LogP contribution in [0, 0.1) is 6.92 Å². The van der Waals surface area contributed by atoms with E-state index in [-0.39, 0.29) is 0 Å². The number of methoxy groups -OCH3 is 1. The summed E-state index contributed by atoms with van der Waals surface area (Å²) in [7, 11) is 1.69. The Morgan fingerprint density at radius 1 is 0.941 bits per heavy atom. The van der Waals surface area contributed by atoms with Gasteiger partial charge in [-0.2, -0.15) is 0 Å². The van der Waals surface area contributed by atoms with Gasteiger partial charge in [-0.1, -0.05) is 43.5 Å². The molecule has 0 spiro atoms. The molecule has 0 atom stereocenters. The maximum absolute atomic E-state index is 5.41. The number of hydrogen-bond acceptors (Lipinski definition) is 1. The summed E-state index contributed by atoms with van der Waals surface area (Å²) in [6, 6.07) is 12.3. The topological polar surface area (TPSA) is 9.23 Å². The van der Waals surface area contributed by atoms with Crippen LogP contribution < -0.4 is 4.74 Å². The Bertz CT molecular complexity index is 550. The quantitative estimate of drug-likeness (QED) is 0.719. The van der Waals surface area contributed by atoms with Crippen LogP contribution in [0.1, 0.15) is 5.56 Å². The maximum atomic E-state index is 5.41. The van der Waals surface area contributed by atoms with E-state index in [1.54, 1.807) is 7.11 Å². The molecule has 88 valence electrons. The molecule has 0 fully saturated rings. The number of halogens is 2. The van der Waals surface area contributed by atoms with Gasteiger partial charge in [0.2, 0.25) is 0 Å². The lowest BCUT2D eigenvalue weighted by Crippen LogP contribution is -1.89. The molecular weight excluding hydrogens is 344 g/mol. The van der Waals surface area contributed by atoms with E-state index < -0.39 is 0 Å². The SMILES string of the molecule is COc1ccc(C)cc1-c1cc(Br)ccc1Br. The normalized spacial score (nSPS) is 10.4. The maximum Gasteiger partial charge on any atom is 0.126 e. The Morgan fingerprint density at radius 2 is 1.71 bits per heavy atom. The van der Waals surface area contributed by atoms with E-state index in [4.69, 9.17) is 4.74 Å². The van der Waals surface area contributed by atoms with E-state index in [0.29, 0.717) is 0 Å². The van der Waals surface area contributed by atoms with Crippen LogP contribution in [0.25, 0.3) is 11.1 Å². The molecule has 2 aromatic rings. The molecule has 2 rings (SSSR count). The van der Waals surface area contributed by atoms with Crippen LogP contribution in [-0.2, 0) is 0 Å². The molecular formula is C14H12Br2O. The van der Waals surface area contributed by atoms with Crippen LogP contribution in [0.5, 0.6) is 5.75 Å². The highest BCUT2D eigenvalue weighted by atomic mass is 79.9. The van der Waals surface area contributed by atoms with Crippen molar-refractivity contribution in [3.05, 3.63) is 50.9 Å². The predicted octanol–water partition coefficient (Wildman–Crippen LogP) is 5.20. The zero-order chi connectivity index (χ0) is 12.4. The fourth-order valence-electron chi connectivity index (χ4n) is 1.74. The van der Waals surface area contributed by atoms with Crippen molar-refractivity contribution < 1.29 is 4.74 Å². The minimum atomic E-state index is 0.884. The fourth-order valence-corrected chi connectivity index (χ4v) is 2.56. The van der Waals surface area contributed by atoms with Gasteiger partial charge >= 0.3 is 0 Å². The second-order valence-corrected chi connectivity index (χ2v) is 5.60. The van der Waals surface area contributed by atoms with E-state index in [0.717, 1.165) is 25.8 Å². The molecule has 0 saturated heterocycles. The lowest BCUT2D eigenvalue weighted by molar-refractivity contribution is 0.416. The average Bonchev–Trinajstić information content (AvgIpc) is 2.32. The summed E-state index contributed by atoms with van der Waals surface area (Å²) in [6.45, 7) is 2.08. The monoisotopic (exact) mass is 354 g/mol. The molecule has 0 amide bonds. The minimum Gasteiger partial charge on any atom is -0.496 e. The van der Waals surface area contributed by atoms with Crippen molar-refractivity contribution in [3.8, 4) is 16.9 Å². The lowest BCUT2D eigenvalue weighted by Gasteiger charge is -2.11. The molecule has 0 saturated carbocycles. The van der Waals surface area contributed by atoms with Gasteiger partial charge in [0.05, 0.1) is 7.11 Å². The number of aryl methyl sites for hydroxylation is 1. The molecule has 0 aliphatic heterocycles. The summed E-state index contributed by atoms with van der Waals surface area (Å²) in [6.07, 6.45) is 0. The van der Waals surface area contributed by atoms with Gasteiger partial charge in [0.1, 0.15) is 5.75 Å². The van der Waals surface area contributed by atoms with Gasteiger partial charge in [0, 0.05) is 20.1 Å². The smallest absolute Gasteiger partial charge is 0.126 e. The van der Waals surface area contributed by atoms with Crippen LogP contribution >= 0.6 is 31.9 Å². The van der Waals surface area contributed by atoms with Gasteiger partial charge in [-0.25, -0.2) is 0 Å². The molecule has 0 N–H and O–H groups in total. The second-order valence-electron chi connectivity index (χ2n) is 3.83. The zero-order valence-corrected chi connectivity index (χ0v) is 12.8. The highest BCUT2D eigenvalue weighted by Crippen LogP contribution is 2.37. The predicted molar refractivity (Wildman–Crippen MR) is 78.6 cm³/mol. The third-order valence-electron chi connectivity index (χ3n) is 2.57. The number of benzene rings is 2. The first-order chi connectivity index (χ1) is 8.11. The van der Waals surface area contributed by atoms with Gasteiger partial charge in [-0.15, -0.1) is 0 Å². The second kappa shape index (κ2) is 5.23. The molecule has 0 aliphatic rings. The van der Waals surface area contributed by atoms with Crippen LogP contribution in [0.15, 0.2) is 45.3 Å². The van der Waals surface area contributed by atoms with Crippen molar-refractivity contribution in [2.75, 3.05) is 7.11 Å². The standard InChI is InChI=1S/C14H12Br2O/c1-9-3-6-14(17-2)12(7-9)11-8-10(15)4-5-13(11)16/h3-8H,1-2H3. The molecule has 0 aromatic heterocycles. The van der Waals surface area contributed by atoms with Gasteiger partial charge in [-0.3, -0.25) is 0 Å². The molecule has 3 heteroatoms. The van der Waals surface area contributed by atoms with Gasteiger partial charge in [-0.05, 0) is 37.3 Å². The van der Waals surface area contributed by atoms with Crippen LogP contribution in [0.4, 0.5) is 0 Å². The first kappa shape index (κ1) is 12.7. The van der Waals surface area contributed by atoms with Crippen LogP contribution in [0.3, 0.4) is 0 Å². The van der Waals surface area contributed by atoms with E-state index in [1.807, 2.05) is 24.3 Å². The third kappa shape index (κ3) is 2.72. The summed E-state index contributed by atoms with van der Waals surface area (Å²) < 4.78 is 7.53. The summed E-state index contributed by atoms with van der Waals surface area (Å²) in [4.78, 5) is 0. The number of rotatable bonds is 2. The largest absolute Gasteiger partial charge is 0.496 e. The first-order valence-electron chi connectivity index (χ1n) is 5.22. The summed E-state index contributed by atoms with van der Waals surface area (Å²) >= 11 is 7.08. The summed E-state index contributed by atoms with van der Waals surface area (Å²) in [5.41, 5.74) is 3.44. The molecule has 0 radical (unpaired) electrons. The Labute approximate surface area is 118 Å². The Balaban J connectivity index is 2.66. The number of ether oxygens (including phenoxy) is 1.